The van der Waals surface area contributed by atoms with Crippen LogP contribution in [0.4, 0.5) is 5.69 Å². The number of sulfonamides is 2. The first-order valence-electron chi connectivity index (χ1n) is 8.79. The van der Waals surface area contributed by atoms with E-state index in [-0.39, 0.29) is 21.2 Å². The van der Waals surface area contributed by atoms with E-state index in [0.29, 0.717) is 24.2 Å². The summed E-state index contributed by atoms with van der Waals surface area (Å²) in [6.07, 6.45) is 1.66. The number of anilines is 1. The van der Waals surface area contributed by atoms with Crippen molar-refractivity contribution in [2.75, 3.05) is 24.4 Å². The lowest BCUT2D eigenvalue weighted by atomic mass is 10.3. The van der Waals surface area contributed by atoms with Crippen molar-refractivity contribution in [1.29, 1.82) is 0 Å². The second-order valence-electron chi connectivity index (χ2n) is 6.27. The highest BCUT2D eigenvalue weighted by Crippen LogP contribution is 2.30. The van der Waals surface area contributed by atoms with Crippen LogP contribution < -0.4 is 9.46 Å². The molecule has 0 unspecified atom stereocenters. The van der Waals surface area contributed by atoms with Crippen molar-refractivity contribution in [2.24, 2.45) is 0 Å². The van der Waals surface area contributed by atoms with Crippen LogP contribution >= 0.6 is 15.9 Å². The van der Waals surface area contributed by atoms with E-state index in [9.17, 15) is 16.8 Å². The van der Waals surface area contributed by atoms with Gasteiger partial charge in [0.2, 0.25) is 10.0 Å². The average Bonchev–Trinajstić information content (AvgIpc) is 3.19. The molecule has 3 rings (SSSR count). The molecule has 1 saturated heterocycles. The first-order chi connectivity index (χ1) is 13.2. The summed E-state index contributed by atoms with van der Waals surface area (Å²) in [5, 5.41) is 0. The molecule has 0 atom stereocenters. The van der Waals surface area contributed by atoms with Crippen molar-refractivity contribution in [3.05, 3.63) is 46.9 Å². The maximum atomic E-state index is 12.9. The fourth-order valence-electron chi connectivity index (χ4n) is 2.97. The van der Waals surface area contributed by atoms with Gasteiger partial charge in [-0.3, -0.25) is 4.72 Å². The first kappa shape index (κ1) is 21.1. The van der Waals surface area contributed by atoms with Crippen LogP contribution in [0.1, 0.15) is 19.8 Å². The van der Waals surface area contributed by atoms with Gasteiger partial charge in [-0.15, -0.1) is 0 Å². The molecule has 0 amide bonds. The van der Waals surface area contributed by atoms with Crippen molar-refractivity contribution in [3.63, 3.8) is 0 Å². The number of nitrogens with one attached hydrogen (secondary N) is 1. The maximum absolute atomic E-state index is 12.9. The van der Waals surface area contributed by atoms with Gasteiger partial charge in [0.1, 0.15) is 10.6 Å². The monoisotopic (exact) mass is 488 g/mol. The molecule has 2 aromatic carbocycles. The molecule has 1 aliphatic rings. The highest BCUT2D eigenvalue weighted by atomic mass is 79.9. The minimum Gasteiger partial charge on any atom is -0.492 e. The molecule has 1 aliphatic heterocycles. The highest BCUT2D eigenvalue weighted by molar-refractivity contribution is 9.10. The Morgan fingerprint density at radius 1 is 1.07 bits per heavy atom. The molecule has 0 aromatic heterocycles. The predicted molar refractivity (Wildman–Crippen MR) is 111 cm³/mol. The zero-order valence-corrected chi connectivity index (χ0v) is 18.5. The standard InChI is InChI=1S/C18H21BrN2O5S2/c1-2-26-17-9-8-14(19)12-18(17)27(22,23)20-15-6-5-7-16(13-15)28(24,25)21-10-3-4-11-21/h5-9,12-13,20H,2-4,10-11H2,1H3. The summed E-state index contributed by atoms with van der Waals surface area (Å²) in [5.74, 6) is 0.221. The topological polar surface area (TPSA) is 92.8 Å². The van der Waals surface area contributed by atoms with Gasteiger partial charge in [-0.25, -0.2) is 16.8 Å². The van der Waals surface area contributed by atoms with E-state index < -0.39 is 20.0 Å². The quantitative estimate of drug-likeness (QED) is 0.644. The predicted octanol–water partition coefficient (Wildman–Crippen LogP) is 3.43. The zero-order chi connectivity index (χ0) is 20.4. The van der Waals surface area contributed by atoms with E-state index in [0.717, 1.165) is 12.8 Å². The van der Waals surface area contributed by atoms with Gasteiger partial charge in [-0.2, -0.15) is 4.31 Å². The number of halogens is 1. The summed E-state index contributed by atoms with van der Waals surface area (Å²) in [4.78, 5) is 0.0328. The van der Waals surface area contributed by atoms with Crippen LogP contribution in [0.25, 0.3) is 0 Å². The second kappa shape index (κ2) is 8.40. The molecule has 2 aromatic rings. The van der Waals surface area contributed by atoms with Crippen LogP contribution in [0.5, 0.6) is 5.75 Å². The van der Waals surface area contributed by atoms with Crippen LogP contribution in [0, 0.1) is 0 Å². The van der Waals surface area contributed by atoms with E-state index in [1.807, 2.05) is 0 Å². The van der Waals surface area contributed by atoms with Gasteiger partial charge in [0.15, 0.2) is 0 Å². The lowest BCUT2D eigenvalue weighted by Crippen LogP contribution is -2.28. The average molecular weight is 489 g/mol. The van der Waals surface area contributed by atoms with Crippen LogP contribution in [0.3, 0.4) is 0 Å². The summed E-state index contributed by atoms with van der Waals surface area (Å²) in [7, 11) is -7.62. The SMILES string of the molecule is CCOc1ccc(Br)cc1S(=O)(=O)Nc1cccc(S(=O)(=O)N2CCCC2)c1. The fraction of sp³-hybridized carbons (Fsp3) is 0.333. The van der Waals surface area contributed by atoms with Crippen LogP contribution in [0.2, 0.25) is 0 Å². The Kier molecular flexibility index (Phi) is 6.33. The Labute approximate surface area is 173 Å². The molecule has 10 heteroatoms. The van der Waals surface area contributed by atoms with Crippen molar-refractivity contribution in [3.8, 4) is 5.75 Å². The maximum Gasteiger partial charge on any atom is 0.265 e. The Bertz CT molecular complexity index is 1070. The minimum absolute atomic E-state index is 0.0310. The molecule has 0 aliphatic carbocycles. The van der Waals surface area contributed by atoms with Gasteiger partial charge >= 0.3 is 0 Å². The Morgan fingerprint density at radius 3 is 2.46 bits per heavy atom. The summed E-state index contributed by atoms with van der Waals surface area (Å²) in [6, 6.07) is 10.5. The van der Waals surface area contributed by atoms with Gasteiger partial charge in [0.05, 0.1) is 17.2 Å². The molecule has 0 spiro atoms. The fourth-order valence-corrected chi connectivity index (χ4v) is 6.27. The number of rotatable bonds is 7. The minimum atomic E-state index is -3.98. The molecule has 1 heterocycles. The third-order valence-electron chi connectivity index (χ3n) is 4.28. The molecule has 7 nitrogen and oxygen atoms in total. The molecule has 28 heavy (non-hydrogen) atoms. The Morgan fingerprint density at radius 2 is 1.79 bits per heavy atom. The third-order valence-corrected chi connectivity index (χ3v) is 8.07. The van der Waals surface area contributed by atoms with E-state index in [4.69, 9.17) is 4.74 Å². The number of hydrogen-bond donors (Lipinski definition) is 1. The normalized spacial score (nSPS) is 15.5. The van der Waals surface area contributed by atoms with Gasteiger partial charge in [0.25, 0.3) is 10.0 Å². The van der Waals surface area contributed by atoms with Gasteiger partial charge in [-0.05, 0) is 56.2 Å². The van der Waals surface area contributed by atoms with Gasteiger partial charge in [-0.1, -0.05) is 22.0 Å². The van der Waals surface area contributed by atoms with E-state index in [1.54, 1.807) is 19.1 Å². The summed E-state index contributed by atoms with van der Waals surface area (Å²) in [5.41, 5.74) is 0.169. The van der Waals surface area contributed by atoms with Crippen LogP contribution in [0.15, 0.2) is 56.7 Å². The van der Waals surface area contributed by atoms with E-state index in [2.05, 4.69) is 20.7 Å². The van der Waals surface area contributed by atoms with Crippen molar-refractivity contribution < 1.29 is 21.6 Å². The highest BCUT2D eigenvalue weighted by Gasteiger charge is 2.28. The Hall–Kier alpha value is -1.62. The Balaban J connectivity index is 1.93. The van der Waals surface area contributed by atoms with Crippen molar-refractivity contribution in [1.82, 2.24) is 4.31 Å². The number of hydrogen-bond acceptors (Lipinski definition) is 5. The molecule has 0 bridgehead atoms. The molecule has 0 radical (unpaired) electrons. The second-order valence-corrected chi connectivity index (χ2v) is 10.8. The zero-order valence-electron chi connectivity index (χ0n) is 15.3. The van der Waals surface area contributed by atoms with Gasteiger partial charge < -0.3 is 4.74 Å². The molecule has 1 N–H and O–H groups in total. The molecular formula is C18H21BrN2O5S2. The van der Waals surface area contributed by atoms with E-state index in [1.165, 1.54) is 34.6 Å². The number of ether oxygens (including phenoxy) is 1. The molecular weight excluding hydrogens is 468 g/mol. The largest absolute Gasteiger partial charge is 0.492 e. The lowest BCUT2D eigenvalue weighted by Gasteiger charge is -2.17. The molecule has 152 valence electrons. The van der Waals surface area contributed by atoms with Crippen LogP contribution in [-0.2, 0) is 20.0 Å². The smallest absolute Gasteiger partial charge is 0.265 e. The summed E-state index contributed by atoms with van der Waals surface area (Å²) >= 11 is 3.27. The van der Waals surface area contributed by atoms with Crippen molar-refractivity contribution >= 4 is 41.7 Å². The van der Waals surface area contributed by atoms with E-state index >= 15 is 0 Å². The first-order valence-corrected chi connectivity index (χ1v) is 12.5. The van der Waals surface area contributed by atoms with Crippen LogP contribution in [-0.4, -0.2) is 40.8 Å². The van der Waals surface area contributed by atoms with Crippen molar-refractivity contribution in [2.45, 2.75) is 29.6 Å². The third kappa shape index (κ3) is 4.51. The number of benzene rings is 2. The lowest BCUT2D eigenvalue weighted by molar-refractivity contribution is 0.331. The molecule has 1 fully saturated rings. The molecule has 0 saturated carbocycles. The summed E-state index contributed by atoms with van der Waals surface area (Å²) in [6.45, 7) is 3.04. The number of nitrogens with zero attached hydrogens (tertiary/aromatic N) is 1. The summed E-state index contributed by atoms with van der Waals surface area (Å²) < 4.78 is 61.1. The van der Waals surface area contributed by atoms with Gasteiger partial charge in [0, 0.05) is 17.6 Å².